The van der Waals surface area contributed by atoms with Gasteiger partial charge in [-0.2, -0.15) is 0 Å². The van der Waals surface area contributed by atoms with Gasteiger partial charge in [-0.05, 0) is 25.2 Å². The fraction of sp³-hybridized carbons (Fsp3) is 0.950. The van der Waals surface area contributed by atoms with Gasteiger partial charge >= 0.3 is 0 Å². The summed E-state index contributed by atoms with van der Waals surface area (Å²) in [6.07, 6.45) is 8.60. The highest BCUT2D eigenvalue weighted by Gasteiger charge is 2.11. The number of ketones is 1. The molecule has 23 heavy (non-hydrogen) atoms. The van der Waals surface area contributed by atoms with E-state index in [1.165, 1.54) is 32.1 Å². The molecule has 1 rings (SSSR count). The van der Waals surface area contributed by atoms with Crippen molar-refractivity contribution in [3.05, 3.63) is 0 Å². The van der Waals surface area contributed by atoms with Crippen LogP contribution in [0.1, 0.15) is 86.5 Å². The van der Waals surface area contributed by atoms with Crippen LogP contribution >= 0.6 is 0 Å². The molecule has 0 spiro atoms. The predicted molar refractivity (Wildman–Crippen MR) is 102 cm³/mol. The molecular formula is C20H44O3. The van der Waals surface area contributed by atoms with Crippen molar-refractivity contribution in [3.8, 4) is 0 Å². The lowest BCUT2D eigenvalue weighted by Gasteiger charge is -2.19. The van der Waals surface area contributed by atoms with Crippen LogP contribution < -0.4 is 0 Å². The third-order valence-corrected chi connectivity index (χ3v) is 3.54. The van der Waals surface area contributed by atoms with Gasteiger partial charge in [0.15, 0.2) is 0 Å². The summed E-state index contributed by atoms with van der Waals surface area (Å²) in [5.41, 5.74) is 0. The molecule has 0 amide bonds. The zero-order valence-corrected chi connectivity index (χ0v) is 17.2. The number of hydrogen-bond donors (Lipinski definition) is 0. The zero-order chi connectivity index (χ0) is 18.5. The van der Waals surface area contributed by atoms with Crippen molar-refractivity contribution in [3.63, 3.8) is 0 Å². The van der Waals surface area contributed by atoms with E-state index in [-0.39, 0.29) is 5.92 Å². The minimum atomic E-state index is 0.178. The van der Waals surface area contributed by atoms with E-state index in [1.807, 2.05) is 41.5 Å². The number of carbonyl (C=O) groups is 1. The molecular weight excluding hydrogens is 288 g/mol. The maximum absolute atomic E-state index is 11.0. The van der Waals surface area contributed by atoms with Gasteiger partial charge in [-0.25, -0.2) is 0 Å². The van der Waals surface area contributed by atoms with E-state index < -0.39 is 0 Å². The van der Waals surface area contributed by atoms with Crippen molar-refractivity contribution < 1.29 is 14.3 Å². The lowest BCUT2D eigenvalue weighted by atomic mass is 9.90. The summed E-state index contributed by atoms with van der Waals surface area (Å²) in [6.45, 7) is 13.5. The van der Waals surface area contributed by atoms with Gasteiger partial charge in [-0.3, -0.25) is 4.79 Å². The quantitative estimate of drug-likeness (QED) is 0.544. The van der Waals surface area contributed by atoms with Crippen LogP contribution in [0.15, 0.2) is 0 Å². The molecule has 3 nitrogen and oxygen atoms in total. The number of ether oxygens (including phenoxy) is 2. The molecule has 0 atom stereocenters. The molecule has 0 saturated heterocycles. The third kappa shape index (κ3) is 21.6. The molecule has 1 fully saturated rings. The second kappa shape index (κ2) is 23.9. The third-order valence-electron chi connectivity index (χ3n) is 3.54. The number of rotatable bonds is 7. The van der Waals surface area contributed by atoms with Gasteiger partial charge in [0.25, 0.3) is 0 Å². The smallest absolute Gasteiger partial charge is 0.135 e. The van der Waals surface area contributed by atoms with E-state index in [9.17, 15) is 4.79 Å². The Balaban J connectivity index is -0.000000286. The first-order valence-electron chi connectivity index (χ1n) is 9.62. The molecule has 0 unspecified atom stereocenters. The monoisotopic (exact) mass is 332 g/mol. The maximum atomic E-state index is 11.0. The highest BCUT2D eigenvalue weighted by molar-refractivity contribution is 5.80. The standard InChI is InChI=1S/C8H16O2.C8H16O.2C2H6/c1-7(2)8(9)5-4-6-10-3;1-9-7-8-5-3-2-4-6-8;2*1-2/h7H,4-6H2,1-3H3;8H,2-7H2,1H3;2*1-2H3. The number of methoxy groups -OCH3 is 2. The van der Waals surface area contributed by atoms with Crippen LogP contribution in [0.2, 0.25) is 0 Å². The maximum Gasteiger partial charge on any atom is 0.135 e. The molecule has 0 aromatic carbocycles. The SMILES string of the molecule is CC.CC.COCC1CCCCC1.COCCCC(=O)C(C)C. The summed E-state index contributed by atoms with van der Waals surface area (Å²) in [6, 6.07) is 0. The average molecular weight is 333 g/mol. The molecule has 0 radical (unpaired) electrons. The Morgan fingerprint density at radius 2 is 1.48 bits per heavy atom. The summed E-state index contributed by atoms with van der Waals surface area (Å²) in [5, 5.41) is 0. The molecule has 1 saturated carbocycles. The van der Waals surface area contributed by atoms with Gasteiger partial charge in [0, 0.05) is 39.8 Å². The highest BCUT2D eigenvalue weighted by atomic mass is 16.5. The molecule has 0 aromatic heterocycles. The lowest BCUT2D eigenvalue weighted by Crippen LogP contribution is -2.11. The second-order valence-electron chi connectivity index (χ2n) is 5.68. The summed E-state index contributed by atoms with van der Waals surface area (Å²) in [4.78, 5) is 11.0. The summed E-state index contributed by atoms with van der Waals surface area (Å²) >= 11 is 0. The van der Waals surface area contributed by atoms with Crippen LogP contribution in [0.3, 0.4) is 0 Å². The average Bonchev–Trinajstić information content (AvgIpc) is 2.60. The van der Waals surface area contributed by atoms with Gasteiger partial charge in [0.05, 0.1) is 0 Å². The Morgan fingerprint density at radius 3 is 1.87 bits per heavy atom. The van der Waals surface area contributed by atoms with Crippen molar-refractivity contribution in [2.75, 3.05) is 27.4 Å². The zero-order valence-electron chi connectivity index (χ0n) is 17.2. The van der Waals surface area contributed by atoms with E-state index in [4.69, 9.17) is 9.47 Å². The van der Waals surface area contributed by atoms with Crippen LogP contribution in [0.25, 0.3) is 0 Å². The van der Waals surface area contributed by atoms with E-state index >= 15 is 0 Å². The number of hydrogen-bond acceptors (Lipinski definition) is 3. The first-order chi connectivity index (χ1) is 11.1. The molecule has 0 aromatic rings. The van der Waals surface area contributed by atoms with E-state index in [1.54, 1.807) is 14.2 Å². The molecule has 0 heterocycles. The summed E-state index contributed by atoms with van der Waals surface area (Å²) < 4.78 is 9.90. The van der Waals surface area contributed by atoms with Crippen molar-refractivity contribution >= 4 is 5.78 Å². The number of Topliss-reactive ketones (excluding diaryl/α,β-unsaturated/α-hetero) is 1. The van der Waals surface area contributed by atoms with Gasteiger partial charge in [0.2, 0.25) is 0 Å². The van der Waals surface area contributed by atoms with Crippen LogP contribution in [0, 0.1) is 11.8 Å². The van der Waals surface area contributed by atoms with E-state index in [0.717, 1.165) is 18.9 Å². The Labute approximate surface area is 146 Å². The molecule has 0 bridgehead atoms. The molecule has 1 aliphatic rings. The van der Waals surface area contributed by atoms with Crippen molar-refractivity contribution in [2.24, 2.45) is 11.8 Å². The molecule has 1 aliphatic carbocycles. The van der Waals surface area contributed by atoms with Crippen LogP contribution in [0.4, 0.5) is 0 Å². The van der Waals surface area contributed by atoms with Gasteiger partial charge in [0.1, 0.15) is 5.78 Å². The molecule has 0 N–H and O–H groups in total. The minimum Gasteiger partial charge on any atom is -0.385 e. The lowest BCUT2D eigenvalue weighted by molar-refractivity contribution is -0.122. The molecule has 0 aliphatic heterocycles. The normalized spacial score (nSPS) is 13.8. The fourth-order valence-electron chi connectivity index (χ4n) is 2.27. The van der Waals surface area contributed by atoms with Crippen LogP contribution in [-0.2, 0) is 14.3 Å². The Kier molecular flexibility index (Phi) is 28.5. The van der Waals surface area contributed by atoms with Crippen LogP contribution in [-0.4, -0.2) is 33.2 Å². The summed E-state index contributed by atoms with van der Waals surface area (Å²) in [7, 11) is 3.45. The predicted octanol–water partition coefficient (Wildman–Crippen LogP) is 5.90. The summed E-state index contributed by atoms with van der Waals surface area (Å²) in [5.74, 6) is 1.39. The van der Waals surface area contributed by atoms with Crippen molar-refractivity contribution in [1.29, 1.82) is 0 Å². The van der Waals surface area contributed by atoms with Crippen molar-refractivity contribution in [1.82, 2.24) is 0 Å². The Hall–Kier alpha value is -0.410. The van der Waals surface area contributed by atoms with Crippen LogP contribution in [0.5, 0.6) is 0 Å². The number of carbonyl (C=O) groups excluding carboxylic acids is 1. The topological polar surface area (TPSA) is 35.5 Å². The molecule has 3 heteroatoms. The largest absolute Gasteiger partial charge is 0.385 e. The minimum absolute atomic E-state index is 0.178. The van der Waals surface area contributed by atoms with Gasteiger partial charge < -0.3 is 9.47 Å². The first kappa shape index (κ1) is 27.4. The van der Waals surface area contributed by atoms with E-state index in [0.29, 0.717) is 18.8 Å². The van der Waals surface area contributed by atoms with Gasteiger partial charge in [-0.1, -0.05) is 60.8 Å². The van der Waals surface area contributed by atoms with Crippen molar-refractivity contribution in [2.45, 2.75) is 86.5 Å². The Morgan fingerprint density at radius 1 is 0.957 bits per heavy atom. The van der Waals surface area contributed by atoms with Gasteiger partial charge in [-0.15, -0.1) is 0 Å². The highest BCUT2D eigenvalue weighted by Crippen LogP contribution is 2.23. The van der Waals surface area contributed by atoms with E-state index in [2.05, 4.69) is 0 Å². The molecule has 142 valence electrons. The fourth-order valence-corrected chi connectivity index (χ4v) is 2.27. The first-order valence-corrected chi connectivity index (χ1v) is 9.62. The Bertz CT molecular complexity index is 206. The second-order valence-corrected chi connectivity index (χ2v) is 5.68.